The molecule has 0 saturated heterocycles. The lowest BCUT2D eigenvalue weighted by Crippen LogP contribution is -2.42. The maximum atomic E-state index is 12.9. The Morgan fingerprint density at radius 2 is 1.88 bits per heavy atom. The van der Waals surface area contributed by atoms with Crippen molar-refractivity contribution in [3.05, 3.63) is 68.5 Å². The van der Waals surface area contributed by atoms with Crippen molar-refractivity contribution in [3.8, 4) is 5.75 Å². The third kappa shape index (κ3) is 4.83. The number of benzene rings is 2. The van der Waals surface area contributed by atoms with E-state index in [0.29, 0.717) is 18.4 Å². The number of halogens is 1. The number of sulfonamides is 1. The fourth-order valence-electron chi connectivity index (χ4n) is 4.03. The van der Waals surface area contributed by atoms with Crippen LogP contribution in [0.25, 0.3) is 11.0 Å². The molecular weight excluding hydrogens is 466 g/mol. The van der Waals surface area contributed by atoms with Crippen molar-refractivity contribution in [3.63, 3.8) is 0 Å². The highest BCUT2D eigenvalue weighted by molar-refractivity contribution is 7.89. The van der Waals surface area contributed by atoms with Crippen molar-refractivity contribution in [2.75, 3.05) is 0 Å². The van der Waals surface area contributed by atoms with Crippen molar-refractivity contribution >= 4 is 38.6 Å². The Labute approximate surface area is 196 Å². The van der Waals surface area contributed by atoms with E-state index in [1.807, 2.05) is 13.8 Å². The number of esters is 1. The molecule has 9 heteroatoms. The molecule has 0 bridgehead atoms. The van der Waals surface area contributed by atoms with Crippen LogP contribution in [0.4, 0.5) is 0 Å². The molecule has 0 amide bonds. The van der Waals surface area contributed by atoms with Crippen molar-refractivity contribution < 1.29 is 22.4 Å². The van der Waals surface area contributed by atoms with Crippen LogP contribution < -0.4 is 15.1 Å². The number of rotatable bonds is 7. The van der Waals surface area contributed by atoms with Crippen molar-refractivity contribution in [2.45, 2.75) is 56.9 Å². The quantitative estimate of drug-likeness (QED) is 0.301. The highest BCUT2D eigenvalue weighted by atomic mass is 35.5. The van der Waals surface area contributed by atoms with E-state index in [2.05, 4.69) is 4.72 Å². The molecule has 174 valence electrons. The largest absolute Gasteiger partial charge is 0.424 e. The minimum absolute atomic E-state index is 0.00546. The van der Waals surface area contributed by atoms with Gasteiger partial charge < -0.3 is 9.15 Å². The van der Waals surface area contributed by atoms with Gasteiger partial charge >= 0.3 is 11.6 Å². The molecule has 1 atom stereocenters. The standard InChI is InChI=1S/C24H24ClNO6S/c1-3-5-20(26-33(29,30)15-10-8-14(2)9-11-15)24(28)32-22-13-21-18(12-19(22)25)16-6-4-7-17(16)23(27)31-21/h8-13,20,26H,3-7H2,1-2H3/t20-/m0/s1. The van der Waals surface area contributed by atoms with Crippen LogP contribution in [0.15, 0.2) is 50.5 Å². The van der Waals surface area contributed by atoms with Gasteiger partial charge in [-0.25, -0.2) is 18.0 Å². The summed E-state index contributed by atoms with van der Waals surface area (Å²) in [5.74, 6) is -0.789. The van der Waals surface area contributed by atoms with Crippen LogP contribution in [0, 0.1) is 6.92 Å². The number of fused-ring (bicyclic) bond motifs is 3. The van der Waals surface area contributed by atoms with Crippen LogP contribution in [0.1, 0.15) is 42.9 Å². The first-order valence-corrected chi connectivity index (χ1v) is 12.6. The van der Waals surface area contributed by atoms with E-state index in [4.69, 9.17) is 20.8 Å². The van der Waals surface area contributed by atoms with Crippen LogP contribution in [-0.4, -0.2) is 20.4 Å². The molecule has 3 aromatic rings. The Morgan fingerprint density at radius 3 is 2.58 bits per heavy atom. The Hall–Kier alpha value is -2.68. The number of carbonyl (C=O) groups excluding carboxylic acids is 1. The Kier molecular flexibility index (Phi) is 6.61. The monoisotopic (exact) mass is 489 g/mol. The van der Waals surface area contributed by atoms with E-state index < -0.39 is 27.7 Å². The van der Waals surface area contributed by atoms with Crippen molar-refractivity contribution in [2.24, 2.45) is 0 Å². The first-order valence-electron chi connectivity index (χ1n) is 10.8. The topological polar surface area (TPSA) is 103 Å². The van der Waals surface area contributed by atoms with Crippen LogP contribution in [0.5, 0.6) is 5.75 Å². The van der Waals surface area contributed by atoms with Gasteiger partial charge in [0.05, 0.1) is 9.92 Å². The molecule has 4 rings (SSSR count). The molecule has 1 N–H and O–H groups in total. The number of ether oxygens (including phenoxy) is 1. The van der Waals surface area contributed by atoms with Gasteiger partial charge in [0.2, 0.25) is 10.0 Å². The molecule has 1 aliphatic carbocycles. The molecular formula is C24H24ClNO6S. The van der Waals surface area contributed by atoms with Gasteiger partial charge in [-0.2, -0.15) is 4.72 Å². The molecule has 33 heavy (non-hydrogen) atoms. The number of hydrogen-bond donors (Lipinski definition) is 1. The smallest absolute Gasteiger partial charge is 0.339 e. The lowest BCUT2D eigenvalue weighted by Gasteiger charge is -2.18. The van der Waals surface area contributed by atoms with E-state index in [1.54, 1.807) is 18.2 Å². The molecule has 7 nitrogen and oxygen atoms in total. The first-order chi connectivity index (χ1) is 15.7. The molecule has 0 saturated carbocycles. The predicted octanol–water partition coefficient (Wildman–Crippen LogP) is 4.30. The minimum Gasteiger partial charge on any atom is -0.424 e. The maximum Gasteiger partial charge on any atom is 0.339 e. The summed E-state index contributed by atoms with van der Waals surface area (Å²) in [6, 6.07) is 8.24. The van der Waals surface area contributed by atoms with E-state index in [-0.39, 0.29) is 27.7 Å². The second-order valence-electron chi connectivity index (χ2n) is 8.18. The lowest BCUT2D eigenvalue weighted by molar-refractivity contribution is -0.136. The summed E-state index contributed by atoms with van der Waals surface area (Å²) in [5.41, 5.74) is 2.37. The van der Waals surface area contributed by atoms with E-state index >= 15 is 0 Å². The van der Waals surface area contributed by atoms with Gasteiger partial charge in [0, 0.05) is 17.0 Å². The summed E-state index contributed by atoms with van der Waals surface area (Å²) >= 11 is 6.38. The average molecular weight is 490 g/mol. The van der Waals surface area contributed by atoms with Gasteiger partial charge in [0.25, 0.3) is 0 Å². The molecule has 1 heterocycles. The number of hydrogen-bond acceptors (Lipinski definition) is 6. The third-order valence-corrected chi connectivity index (χ3v) is 7.51. The number of nitrogens with one attached hydrogen (secondary N) is 1. The zero-order valence-corrected chi connectivity index (χ0v) is 19.9. The fourth-order valence-corrected chi connectivity index (χ4v) is 5.45. The maximum absolute atomic E-state index is 12.9. The summed E-state index contributed by atoms with van der Waals surface area (Å²) in [5, 5.41) is 0.896. The SMILES string of the molecule is CCC[C@H](NS(=O)(=O)c1ccc(C)cc1)C(=O)Oc1cc2oc(=O)c3c(c2cc1Cl)CCC3. The van der Waals surface area contributed by atoms with Gasteiger partial charge in [-0.1, -0.05) is 42.6 Å². The Bertz CT molecular complexity index is 1380. The van der Waals surface area contributed by atoms with E-state index in [9.17, 15) is 18.0 Å². The van der Waals surface area contributed by atoms with Crippen LogP contribution in [0.3, 0.4) is 0 Å². The van der Waals surface area contributed by atoms with E-state index in [0.717, 1.165) is 29.4 Å². The van der Waals surface area contributed by atoms with Crippen LogP contribution in [-0.2, 0) is 27.7 Å². The second-order valence-corrected chi connectivity index (χ2v) is 10.3. The normalized spacial score (nSPS) is 14.3. The van der Waals surface area contributed by atoms with Gasteiger partial charge in [-0.15, -0.1) is 0 Å². The zero-order valence-electron chi connectivity index (χ0n) is 18.3. The Morgan fingerprint density at radius 1 is 1.18 bits per heavy atom. The highest BCUT2D eigenvalue weighted by Crippen LogP contribution is 2.35. The van der Waals surface area contributed by atoms with E-state index in [1.165, 1.54) is 18.2 Å². The van der Waals surface area contributed by atoms with Crippen LogP contribution >= 0.6 is 11.6 Å². The van der Waals surface area contributed by atoms with Crippen LogP contribution in [0.2, 0.25) is 5.02 Å². The minimum atomic E-state index is -3.94. The van der Waals surface area contributed by atoms with Gasteiger partial charge in [0.1, 0.15) is 11.6 Å². The third-order valence-electron chi connectivity index (χ3n) is 5.73. The number of aryl methyl sites for hydroxylation is 2. The molecule has 2 aromatic carbocycles. The first kappa shape index (κ1) is 23.5. The van der Waals surface area contributed by atoms with Crippen molar-refractivity contribution in [1.82, 2.24) is 4.72 Å². The van der Waals surface area contributed by atoms with Gasteiger partial charge in [-0.3, -0.25) is 0 Å². The van der Waals surface area contributed by atoms with Crippen molar-refractivity contribution in [1.29, 1.82) is 0 Å². The lowest BCUT2D eigenvalue weighted by atomic mass is 10.1. The number of carbonyl (C=O) groups is 1. The van der Waals surface area contributed by atoms with Gasteiger partial charge in [0.15, 0.2) is 5.75 Å². The summed E-state index contributed by atoms with van der Waals surface area (Å²) in [7, 11) is -3.94. The fraction of sp³-hybridized carbons (Fsp3) is 0.333. The zero-order chi connectivity index (χ0) is 23.8. The predicted molar refractivity (Wildman–Crippen MR) is 125 cm³/mol. The molecule has 0 fully saturated rings. The average Bonchev–Trinajstić information content (AvgIpc) is 3.26. The second kappa shape index (κ2) is 9.29. The van der Waals surface area contributed by atoms with Gasteiger partial charge in [-0.05, 0) is 56.4 Å². The molecule has 0 unspecified atom stereocenters. The summed E-state index contributed by atoms with van der Waals surface area (Å²) < 4.78 is 38.9. The molecule has 0 spiro atoms. The highest BCUT2D eigenvalue weighted by Gasteiger charge is 2.28. The molecule has 0 radical (unpaired) electrons. The molecule has 1 aromatic heterocycles. The summed E-state index contributed by atoms with van der Waals surface area (Å²) in [6.07, 6.45) is 3.07. The molecule has 1 aliphatic rings. The summed E-state index contributed by atoms with van der Waals surface area (Å²) in [4.78, 5) is 25.2. The summed E-state index contributed by atoms with van der Waals surface area (Å²) in [6.45, 7) is 3.68. The molecule has 0 aliphatic heterocycles. The Balaban J connectivity index is 1.61.